The van der Waals surface area contributed by atoms with E-state index in [1.807, 2.05) is 25.5 Å². The Morgan fingerprint density at radius 2 is 2.37 bits per heavy atom. The van der Waals surface area contributed by atoms with Crippen molar-refractivity contribution in [3.05, 3.63) is 11.6 Å². The van der Waals surface area contributed by atoms with E-state index in [1.165, 1.54) is 0 Å². The minimum absolute atomic E-state index is 0.0578. The van der Waals surface area contributed by atoms with Crippen molar-refractivity contribution < 1.29 is 4.79 Å². The highest BCUT2D eigenvalue weighted by Gasteiger charge is 2.28. The molecule has 1 aromatic heterocycles. The predicted molar refractivity (Wildman–Crippen MR) is 72.3 cm³/mol. The van der Waals surface area contributed by atoms with Gasteiger partial charge >= 0.3 is 0 Å². The summed E-state index contributed by atoms with van der Waals surface area (Å²) in [6.07, 6.45) is 2.80. The van der Waals surface area contributed by atoms with Crippen molar-refractivity contribution in [2.45, 2.75) is 58.7 Å². The average Bonchev–Trinajstić information content (AvgIpc) is 2.78. The van der Waals surface area contributed by atoms with Crippen molar-refractivity contribution >= 4 is 5.91 Å². The van der Waals surface area contributed by atoms with Crippen LogP contribution in [0.3, 0.4) is 0 Å². The number of hydrogen-bond donors (Lipinski definition) is 2. The summed E-state index contributed by atoms with van der Waals surface area (Å²) in [5, 5.41) is 7.34. The Morgan fingerprint density at radius 1 is 1.63 bits per heavy atom. The molecule has 6 heteroatoms. The molecule has 0 aromatic carbocycles. The molecule has 0 aliphatic carbocycles. The van der Waals surface area contributed by atoms with Gasteiger partial charge < -0.3 is 11.1 Å². The van der Waals surface area contributed by atoms with Crippen molar-refractivity contribution in [1.29, 1.82) is 0 Å². The van der Waals surface area contributed by atoms with E-state index in [-0.39, 0.29) is 17.9 Å². The second-order valence-electron chi connectivity index (χ2n) is 5.36. The zero-order chi connectivity index (χ0) is 14.0. The van der Waals surface area contributed by atoms with Gasteiger partial charge in [-0.1, -0.05) is 20.3 Å². The standard InChI is InChI=1S/C13H23N5O/c1-4-8(2)11(14)13(19)16-10-6-5-7-18-12(10)15-9(3)17-18/h8,10-11H,4-7,14H2,1-3H3,(H,16,19). The minimum Gasteiger partial charge on any atom is -0.345 e. The summed E-state index contributed by atoms with van der Waals surface area (Å²) in [6, 6.07) is -0.512. The molecule has 1 amide bonds. The molecule has 106 valence electrons. The van der Waals surface area contributed by atoms with Gasteiger partial charge in [-0.05, 0) is 25.7 Å². The first kappa shape index (κ1) is 14.0. The van der Waals surface area contributed by atoms with Crippen LogP contribution in [0, 0.1) is 12.8 Å². The normalized spacial score (nSPS) is 21.6. The van der Waals surface area contributed by atoms with Crippen LogP contribution < -0.4 is 11.1 Å². The van der Waals surface area contributed by atoms with Crippen LogP contribution in [-0.2, 0) is 11.3 Å². The lowest BCUT2D eigenvalue weighted by Crippen LogP contribution is -2.46. The van der Waals surface area contributed by atoms with E-state index in [0.717, 1.165) is 37.5 Å². The van der Waals surface area contributed by atoms with Crippen LogP contribution in [-0.4, -0.2) is 26.7 Å². The Labute approximate surface area is 113 Å². The summed E-state index contributed by atoms with van der Waals surface area (Å²) in [7, 11) is 0. The Bertz CT molecular complexity index is 456. The summed E-state index contributed by atoms with van der Waals surface area (Å²) >= 11 is 0. The van der Waals surface area contributed by atoms with Crippen LogP contribution >= 0.6 is 0 Å². The molecule has 2 rings (SSSR count). The van der Waals surface area contributed by atoms with Crippen LogP contribution in [0.25, 0.3) is 0 Å². The first-order valence-corrected chi connectivity index (χ1v) is 7.00. The minimum atomic E-state index is -0.454. The van der Waals surface area contributed by atoms with Gasteiger partial charge in [-0.25, -0.2) is 9.67 Å². The van der Waals surface area contributed by atoms with E-state index in [1.54, 1.807) is 0 Å². The highest BCUT2D eigenvalue weighted by atomic mass is 16.2. The Hall–Kier alpha value is -1.43. The van der Waals surface area contributed by atoms with Crippen molar-refractivity contribution in [3.63, 3.8) is 0 Å². The monoisotopic (exact) mass is 265 g/mol. The Morgan fingerprint density at radius 3 is 3.05 bits per heavy atom. The van der Waals surface area contributed by atoms with E-state index in [2.05, 4.69) is 15.4 Å². The second-order valence-corrected chi connectivity index (χ2v) is 5.36. The maximum absolute atomic E-state index is 12.1. The molecule has 2 heterocycles. The maximum atomic E-state index is 12.1. The molecule has 0 spiro atoms. The van der Waals surface area contributed by atoms with Crippen molar-refractivity contribution in [1.82, 2.24) is 20.1 Å². The van der Waals surface area contributed by atoms with Gasteiger partial charge in [0, 0.05) is 6.54 Å². The van der Waals surface area contributed by atoms with Crippen LogP contribution in [0.5, 0.6) is 0 Å². The average molecular weight is 265 g/mol. The quantitative estimate of drug-likeness (QED) is 0.847. The zero-order valence-electron chi connectivity index (χ0n) is 11.9. The third-order valence-electron chi connectivity index (χ3n) is 3.86. The molecule has 0 saturated heterocycles. The van der Waals surface area contributed by atoms with Gasteiger partial charge in [0.1, 0.15) is 11.6 Å². The molecule has 0 fully saturated rings. The lowest BCUT2D eigenvalue weighted by molar-refractivity contribution is -0.124. The third kappa shape index (κ3) is 2.94. The van der Waals surface area contributed by atoms with Gasteiger partial charge in [0.15, 0.2) is 0 Å². The number of nitrogens with zero attached hydrogens (tertiary/aromatic N) is 3. The molecule has 3 unspecified atom stereocenters. The first-order valence-electron chi connectivity index (χ1n) is 7.00. The molecule has 6 nitrogen and oxygen atoms in total. The summed E-state index contributed by atoms with van der Waals surface area (Å²) in [5.74, 6) is 1.70. The number of aryl methyl sites for hydroxylation is 2. The number of rotatable bonds is 4. The van der Waals surface area contributed by atoms with E-state index in [9.17, 15) is 4.79 Å². The summed E-state index contributed by atoms with van der Waals surface area (Å²) in [6.45, 7) is 6.78. The largest absolute Gasteiger partial charge is 0.345 e. The predicted octanol–water partition coefficient (Wildman–Crippen LogP) is 0.911. The van der Waals surface area contributed by atoms with Crippen molar-refractivity contribution in [3.8, 4) is 0 Å². The number of nitrogens with one attached hydrogen (secondary N) is 1. The fourth-order valence-corrected chi connectivity index (χ4v) is 2.39. The third-order valence-corrected chi connectivity index (χ3v) is 3.86. The van der Waals surface area contributed by atoms with Gasteiger partial charge in [-0.3, -0.25) is 4.79 Å². The number of amides is 1. The first-order chi connectivity index (χ1) is 9.02. The maximum Gasteiger partial charge on any atom is 0.237 e. The molecule has 3 atom stereocenters. The molecule has 1 aromatic rings. The summed E-state index contributed by atoms with van der Waals surface area (Å²) in [5.41, 5.74) is 5.96. The highest BCUT2D eigenvalue weighted by molar-refractivity contribution is 5.82. The topological polar surface area (TPSA) is 85.8 Å². The van der Waals surface area contributed by atoms with Crippen LogP contribution in [0.4, 0.5) is 0 Å². The fraction of sp³-hybridized carbons (Fsp3) is 0.769. The Balaban J connectivity index is 2.06. The lowest BCUT2D eigenvalue weighted by atomic mass is 9.98. The number of fused-ring (bicyclic) bond motifs is 1. The molecule has 3 N–H and O–H groups in total. The number of hydrogen-bond acceptors (Lipinski definition) is 4. The second kappa shape index (κ2) is 5.69. The Kier molecular flexibility index (Phi) is 4.19. The zero-order valence-corrected chi connectivity index (χ0v) is 11.9. The summed E-state index contributed by atoms with van der Waals surface area (Å²) in [4.78, 5) is 16.5. The van der Waals surface area contributed by atoms with Crippen LogP contribution in [0.2, 0.25) is 0 Å². The molecular formula is C13H23N5O. The number of nitrogens with two attached hydrogens (primary N) is 1. The van der Waals surface area contributed by atoms with E-state index in [4.69, 9.17) is 5.73 Å². The van der Waals surface area contributed by atoms with Gasteiger partial charge in [-0.15, -0.1) is 0 Å². The summed E-state index contributed by atoms with van der Waals surface area (Å²) < 4.78 is 1.89. The van der Waals surface area contributed by atoms with Gasteiger partial charge in [0.05, 0.1) is 12.1 Å². The van der Waals surface area contributed by atoms with Crippen molar-refractivity contribution in [2.75, 3.05) is 0 Å². The number of carbonyl (C=O) groups is 1. The molecule has 1 aliphatic rings. The van der Waals surface area contributed by atoms with Gasteiger partial charge in [0.2, 0.25) is 5.91 Å². The lowest BCUT2D eigenvalue weighted by Gasteiger charge is -2.26. The van der Waals surface area contributed by atoms with E-state index >= 15 is 0 Å². The van der Waals surface area contributed by atoms with Crippen LogP contribution in [0.15, 0.2) is 0 Å². The number of carbonyl (C=O) groups excluding carboxylic acids is 1. The smallest absolute Gasteiger partial charge is 0.237 e. The molecule has 0 radical (unpaired) electrons. The molecule has 0 saturated carbocycles. The van der Waals surface area contributed by atoms with Gasteiger partial charge in [-0.2, -0.15) is 5.10 Å². The van der Waals surface area contributed by atoms with E-state index < -0.39 is 6.04 Å². The molecular weight excluding hydrogens is 242 g/mol. The van der Waals surface area contributed by atoms with Crippen LogP contribution in [0.1, 0.15) is 50.8 Å². The fourth-order valence-electron chi connectivity index (χ4n) is 2.39. The number of aromatic nitrogens is 3. The molecule has 0 bridgehead atoms. The highest BCUT2D eigenvalue weighted by Crippen LogP contribution is 2.23. The molecule has 1 aliphatic heterocycles. The van der Waals surface area contributed by atoms with Crippen molar-refractivity contribution in [2.24, 2.45) is 11.7 Å². The SMILES string of the molecule is CCC(C)C(N)C(=O)NC1CCCn2nc(C)nc21. The van der Waals surface area contributed by atoms with Gasteiger partial charge in [0.25, 0.3) is 0 Å². The molecule has 19 heavy (non-hydrogen) atoms. The van der Waals surface area contributed by atoms with E-state index in [0.29, 0.717) is 0 Å².